The molecule has 0 rings (SSSR count). The Morgan fingerprint density at radius 2 is 1.21 bits per heavy atom. The molecule has 0 bridgehead atoms. The highest BCUT2D eigenvalue weighted by atomic mass is 31.2. The summed E-state index contributed by atoms with van der Waals surface area (Å²) in [5.41, 5.74) is 5.96. The molecule has 0 radical (unpaired) electrons. The molecule has 0 spiro atoms. The Bertz CT molecular complexity index is 731. The van der Waals surface area contributed by atoms with Crippen molar-refractivity contribution in [3.63, 3.8) is 0 Å². The van der Waals surface area contributed by atoms with Gasteiger partial charge in [0, 0.05) is 7.05 Å². The Labute approximate surface area is 224 Å². The number of hydrogen-bond acceptors (Lipinski definition) is 10. The molecule has 38 heavy (non-hydrogen) atoms. The lowest BCUT2D eigenvalue weighted by atomic mass is 10.1. The van der Waals surface area contributed by atoms with E-state index >= 15 is 0 Å². The van der Waals surface area contributed by atoms with Gasteiger partial charge in [0.25, 0.3) is 0 Å². The Hall–Kier alpha value is -2.57. The van der Waals surface area contributed by atoms with Gasteiger partial charge < -0.3 is 34.7 Å². The van der Waals surface area contributed by atoms with Crippen molar-refractivity contribution < 1.29 is 52.1 Å². The van der Waals surface area contributed by atoms with Crippen LogP contribution in [0.5, 0.6) is 0 Å². The molecule has 0 aliphatic carbocycles. The van der Waals surface area contributed by atoms with Gasteiger partial charge in [0.15, 0.2) is 0 Å². The molecule has 0 aromatic carbocycles. The summed E-state index contributed by atoms with van der Waals surface area (Å²) >= 11 is 0. The van der Waals surface area contributed by atoms with E-state index in [4.69, 9.17) is 33.7 Å². The molecule has 0 amide bonds. The molecule has 222 valence electrons. The summed E-state index contributed by atoms with van der Waals surface area (Å²) in [6.45, 7) is 6.17. The van der Waals surface area contributed by atoms with Gasteiger partial charge in [-0.15, -0.1) is 4.76 Å². The number of likely N-dealkylation sites (N-methyl/N-ethyl adjacent to an activating group) is 1. The van der Waals surface area contributed by atoms with Crippen LogP contribution in [0.2, 0.25) is 0 Å². The van der Waals surface area contributed by atoms with Gasteiger partial charge in [-0.2, -0.15) is 0 Å². The van der Waals surface area contributed by atoms with Crippen molar-refractivity contribution in [2.45, 2.75) is 78.2 Å². The zero-order valence-electron chi connectivity index (χ0n) is 22.9. The second kappa shape index (κ2) is 21.4. The average Bonchev–Trinajstić information content (AvgIpc) is 2.88. The molecule has 1 unspecified atom stereocenters. The fourth-order valence-electron chi connectivity index (χ4n) is 2.74. The summed E-state index contributed by atoms with van der Waals surface area (Å²) in [6.07, 6.45) is 2.27. The Morgan fingerprint density at radius 3 is 1.61 bits per heavy atom. The summed E-state index contributed by atoms with van der Waals surface area (Å²) in [7, 11) is -2.69. The maximum absolute atomic E-state index is 13.3. The van der Waals surface area contributed by atoms with Crippen LogP contribution in [0.1, 0.15) is 72.1 Å². The lowest BCUT2D eigenvalue weighted by Gasteiger charge is -2.26. The number of aliphatic carboxylic acids is 1. The van der Waals surface area contributed by atoms with Crippen LogP contribution in [-0.2, 0) is 37.4 Å². The third kappa shape index (κ3) is 17.0. The van der Waals surface area contributed by atoms with E-state index in [1.54, 1.807) is 0 Å². The summed E-state index contributed by atoms with van der Waals surface area (Å²) in [5, 5.41) is 9.47. The van der Waals surface area contributed by atoms with E-state index in [-0.39, 0.29) is 45.6 Å². The van der Waals surface area contributed by atoms with Crippen LogP contribution in [-0.4, -0.2) is 87.0 Å². The minimum atomic E-state index is -4.12. The predicted octanol–water partition coefficient (Wildman–Crippen LogP) is 4.31. The number of carboxylic acids is 1. The highest BCUT2D eigenvalue weighted by Crippen LogP contribution is 2.50. The third-order valence-corrected chi connectivity index (χ3v) is 6.24. The topological polar surface area (TPSA) is 186 Å². The van der Waals surface area contributed by atoms with E-state index in [0.29, 0.717) is 51.4 Å². The number of guanidine groups is 1. The molecule has 0 saturated heterocycles. The fraction of sp³-hybridized carbons (Fsp3) is 0.826. The number of hydrogen-bond donors (Lipinski definition) is 2. The molecule has 0 aromatic rings. The van der Waals surface area contributed by atoms with Crippen molar-refractivity contribution in [1.29, 1.82) is 0 Å². The van der Waals surface area contributed by atoms with Crippen molar-refractivity contribution >= 4 is 32.0 Å². The monoisotopic (exact) mass is 569 g/mol. The van der Waals surface area contributed by atoms with Gasteiger partial charge in [0.1, 0.15) is 6.04 Å². The van der Waals surface area contributed by atoms with Crippen molar-refractivity contribution in [1.82, 2.24) is 4.90 Å². The molecule has 0 saturated carbocycles. The molecular formula is C23H44N3O11P. The smallest absolute Gasteiger partial charge is 0.480 e. The first kappa shape index (κ1) is 35.4. The highest BCUT2D eigenvalue weighted by Gasteiger charge is 2.29. The van der Waals surface area contributed by atoms with Crippen molar-refractivity contribution in [3.05, 3.63) is 0 Å². The van der Waals surface area contributed by atoms with E-state index in [1.165, 1.54) is 11.9 Å². The van der Waals surface area contributed by atoms with E-state index < -0.39 is 32.1 Å². The van der Waals surface area contributed by atoms with Crippen LogP contribution in [0.3, 0.4) is 0 Å². The largest absolute Gasteiger partial charge is 0.508 e. The average molecular weight is 570 g/mol. The number of nitrogens with two attached hydrogens (primary N) is 1. The second-order valence-corrected chi connectivity index (χ2v) is 9.81. The first-order valence-electron chi connectivity index (χ1n) is 12.9. The van der Waals surface area contributed by atoms with E-state index in [2.05, 4.69) is 4.76 Å². The van der Waals surface area contributed by atoms with Gasteiger partial charge in [-0.05, 0) is 44.9 Å². The number of ether oxygens (including phenoxy) is 4. The number of carbonyl (C=O) groups is 3. The van der Waals surface area contributed by atoms with Crippen LogP contribution < -0.4 is 5.73 Å². The Kier molecular flexibility index (Phi) is 19.9. The summed E-state index contributed by atoms with van der Waals surface area (Å²) in [6, 6.07) is -0.966. The van der Waals surface area contributed by atoms with Crippen LogP contribution in [0, 0.1) is 0 Å². The SMILES string of the molecule is CCCOC(=O)OCCCCOP(=O)(N=C(N)N(C)C(CCC)C(=O)O)OCCCCOC(=O)OCCC. The molecule has 15 heteroatoms. The fourth-order valence-corrected chi connectivity index (χ4v) is 4.04. The summed E-state index contributed by atoms with van der Waals surface area (Å²) < 4.78 is 47.5. The molecule has 0 fully saturated rings. The van der Waals surface area contributed by atoms with Gasteiger partial charge in [0.2, 0.25) is 5.96 Å². The second-order valence-electron chi connectivity index (χ2n) is 8.15. The lowest BCUT2D eigenvalue weighted by molar-refractivity contribution is -0.141. The first-order chi connectivity index (χ1) is 18.1. The predicted molar refractivity (Wildman–Crippen MR) is 139 cm³/mol. The zero-order chi connectivity index (χ0) is 28.8. The van der Waals surface area contributed by atoms with E-state index in [1.807, 2.05) is 20.8 Å². The standard InChI is InChI=1S/C23H44N3O11P/c1-5-12-19(20(27)28)26(4)21(24)25-38(31,36-17-10-8-15-34-22(29)32-13-6-2)37-18-11-9-16-35-23(30)33-14-7-3/h19H,5-18H2,1-4H3,(H,27,28)(H2,24,25,31). The van der Waals surface area contributed by atoms with Crippen LogP contribution >= 0.6 is 7.75 Å². The molecule has 3 N–H and O–H groups in total. The highest BCUT2D eigenvalue weighted by molar-refractivity contribution is 7.52. The van der Waals surface area contributed by atoms with Crippen molar-refractivity contribution in [2.75, 3.05) is 46.7 Å². The molecule has 0 heterocycles. The van der Waals surface area contributed by atoms with Crippen molar-refractivity contribution in [2.24, 2.45) is 10.5 Å². The normalized spacial score (nSPS) is 12.5. The van der Waals surface area contributed by atoms with Gasteiger partial charge in [-0.3, -0.25) is 9.05 Å². The third-order valence-electron chi connectivity index (χ3n) is 4.78. The Balaban J connectivity index is 4.95. The Morgan fingerprint density at radius 1 is 0.789 bits per heavy atom. The molecule has 1 atom stereocenters. The number of rotatable bonds is 21. The van der Waals surface area contributed by atoms with Gasteiger partial charge in [0.05, 0.1) is 39.6 Å². The van der Waals surface area contributed by atoms with E-state index in [0.717, 1.165) is 0 Å². The van der Waals surface area contributed by atoms with Gasteiger partial charge in [-0.25, -0.2) is 18.9 Å². The van der Waals surface area contributed by atoms with Gasteiger partial charge in [-0.1, -0.05) is 27.2 Å². The van der Waals surface area contributed by atoms with Crippen LogP contribution in [0.4, 0.5) is 9.59 Å². The molecular weight excluding hydrogens is 525 g/mol. The van der Waals surface area contributed by atoms with Crippen LogP contribution in [0.25, 0.3) is 0 Å². The minimum Gasteiger partial charge on any atom is -0.480 e. The summed E-state index contributed by atoms with van der Waals surface area (Å²) in [4.78, 5) is 35.5. The van der Waals surface area contributed by atoms with Crippen molar-refractivity contribution in [3.8, 4) is 0 Å². The van der Waals surface area contributed by atoms with E-state index in [9.17, 15) is 24.1 Å². The molecule has 0 aliphatic heterocycles. The molecule has 14 nitrogen and oxygen atoms in total. The first-order valence-corrected chi connectivity index (χ1v) is 14.4. The minimum absolute atomic E-state index is 0.0468. The zero-order valence-corrected chi connectivity index (χ0v) is 23.8. The number of nitrogens with zero attached hydrogens (tertiary/aromatic N) is 2. The number of carbonyl (C=O) groups excluding carboxylic acids is 2. The summed E-state index contributed by atoms with van der Waals surface area (Å²) in [5.74, 6) is -1.41. The van der Waals surface area contributed by atoms with Crippen LogP contribution in [0.15, 0.2) is 4.76 Å². The maximum atomic E-state index is 13.3. The quantitative estimate of drug-likeness (QED) is 0.0655. The molecule has 0 aromatic heterocycles. The number of unbranched alkanes of at least 4 members (excludes halogenated alkanes) is 2. The van der Waals surface area contributed by atoms with Gasteiger partial charge >= 0.3 is 26.0 Å². The number of carboxylic acid groups (broad SMARTS) is 1. The molecule has 0 aliphatic rings. The lowest BCUT2D eigenvalue weighted by Crippen LogP contribution is -2.46. The maximum Gasteiger partial charge on any atom is 0.508 e.